The molecule has 0 saturated heterocycles. The van der Waals surface area contributed by atoms with Crippen molar-refractivity contribution >= 4 is 23.2 Å². The van der Waals surface area contributed by atoms with Crippen molar-refractivity contribution in [1.82, 2.24) is 0 Å². The molecule has 0 aromatic heterocycles. The Hall–Kier alpha value is -1.75. The van der Waals surface area contributed by atoms with Crippen LogP contribution >= 0.6 is 11.6 Å². The highest BCUT2D eigenvalue weighted by atomic mass is 35.5. The van der Waals surface area contributed by atoms with E-state index < -0.39 is 23.3 Å². The van der Waals surface area contributed by atoms with Crippen LogP contribution in [0.2, 0.25) is 5.02 Å². The lowest BCUT2D eigenvalue weighted by atomic mass is 9.81. The van der Waals surface area contributed by atoms with Crippen molar-refractivity contribution in [2.75, 3.05) is 6.54 Å². The molecule has 0 heterocycles. The Bertz CT molecular complexity index is 501. The summed E-state index contributed by atoms with van der Waals surface area (Å²) >= 11 is 5.85. The molecule has 6 heteroatoms. The highest BCUT2D eigenvalue weighted by molar-refractivity contribution is 6.30. The number of ketones is 2. The summed E-state index contributed by atoms with van der Waals surface area (Å²) < 4.78 is 0. The number of rotatable bonds is 6. The highest BCUT2D eigenvalue weighted by Gasteiger charge is 2.34. The van der Waals surface area contributed by atoms with Crippen molar-refractivity contribution in [3.8, 4) is 0 Å². The third kappa shape index (κ3) is 4.13. The van der Waals surface area contributed by atoms with Gasteiger partial charge in [-0.05, 0) is 31.5 Å². The summed E-state index contributed by atoms with van der Waals surface area (Å²) in [6.07, 6.45) is 0. The second kappa shape index (κ2) is 6.43. The first-order chi connectivity index (χ1) is 8.82. The van der Waals surface area contributed by atoms with E-state index in [0.717, 1.165) is 0 Å². The van der Waals surface area contributed by atoms with Gasteiger partial charge in [0.2, 0.25) is 6.54 Å². The standard InChI is InChI=1S/C13H14ClNO4/c1-8(16)13(9(2)17)12(7-15(18)19)10-4-3-5-11(14)6-10/h3-6,12-13H,7H2,1-2H3/t12-/m1/s1. The van der Waals surface area contributed by atoms with Gasteiger partial charge in [0.15, 0.2) is 0 Å². The van der Waals surface area contributed by atoms with Gasteiger partial charge < -0.3 is 0 Å². The number of halogens is 1. The fourth-order valence-corrected chi connectivity index (χ4v) is 2.35. The van der Waals surface area contributed by atoms with Gasteiger partial charge in [0, 0.05) is 9.95 Å². The Kier molecular flexibility index (Phi) is 5.18. The number of carbonyl (C=O) groups is 2. The summed E-state index contributed by atoms with van der Waals surface area (Å²) in [5.74, 6) is -2.55. The molecule has 0 saturated carbocycles. The monoisotopic (exact) mass is 283 g/mol. The zero-order chi connectivity index (χ0) is 14.6. The molecule has 1 atom stereocenters. The van der Waals surface area contributed by atoms with Gasteiger partial charge in [0.1, 0.15) is 11.6 Å². The molecule has 0 radical (unpaired) electrons. The average molecular weight is 284 g/mol. The number of Topliss-reactive ketones (excluding diaryl/α,β-unsaturated/α-hetero) is 2. The fraction of sp³-hybridized carbons (Fsp3) is 0.385. The summed E-state index contributed by atoms with van der Waals surface area (Å²) in [6.45, 7) is 2.05. The molecule has 0 aliphatic heterocycles. The van der Waals surface area contributed by atoms with E-state index in [1.807, 2.05) is 0 Å². The molecule has 1 aromatic carbocycles. The summed E-state index contributed by atoms with van der Waals surface area (Å²) in [6, 6.07) is 6.46. The summed E-state index contributed by atoms with van der Waals surface area (Å²) in [4.78, 5) is 33.4. The number of hydrogen-bond acceptors (Lipinski definition) is 4. The van der Waals surface area contributed by atoms with Crippen molar-refractivity contribution in [3.05, 3.63) is 45.0 Å². The molecule has 0 aliphatic carbocycles. The Morgan fingerprint density at radius 1 is 1.32 bits per heavy atom. The lowest BCUT2D eigenvalue weighted by Crippen LogP contribution is -2.31. The van der Waals surface area contributed by atoms with Crippen LogP contribution in [0.3, 0.4) is 0 Å². The second-order valence-corrected chi connectivity index (χ2v) is 4.81. The average Bonchev–Trinajstić information content (AvgIpc) is 2.26. The summed E-state index contributed by atoms with van der Waals surface area (Å²) in [7, 11) is 0. The minimum Gasteiger partial charge on any atom is -0.299 e. The molecular formula is C13H14ClNO4. The molecule has 19 heavy (non-hydrogen) atoms. The van der Waals surface area contributed by atoms with Gasteiger partial charge in [-0.25, -0.2) is 0 Å². The number of hydrogen-bond donors (Lipinski definition) is 0. The molecule has 0 aliphatic rings. The van der Waals surface area contributed by atoms with Crippen molar-refractivity contribution in [2.24, 2.45) is 5.92 Å². The first kappa shape index (κ1) is 15.3. The minimum absolute atomic E-state index is 0.376. The Balaban J connectivity index is 3.23. The van der Waals surface area contributed by atoms with Crippen LogP contribution in [0.25, 0.3) is 0 Å². The quantitative estimate of drug-likeness (QED) is 0.456. The number of nitrogens with zero attached hydrogens (tertiary/aromatic N) is 1. The van der Waals surface area contributed by atoms with E-state index in [0.29, 0.717) is 10.6 Å². The van der Waals surface area contributed by atoms with Crippen LogP contribution in [0.5, 0.6) is 0 Å². The topological polar surface area (TPSA) is 77.3 Å². The smallest absolute Gasteiger partial charge is 0.211 e. The molecule has 0 bridgehead atoms. The first-order valence-corrected chi connectivity index (χ1v) is 6.09. The lowest BCUT2D eigenvalue weighted by Gasteiger charge is -2.20. The van der Waals surface area contributed by atoms with Crippen molar-refractivity contribution < 1.29 is 14.5 Å². The van der Waals surface area contributed by atoms with Gasteiger partial charge >= 0.3 is 0 Å². The van der Waals surface area contributed by atoms with Crippen LogP contribution in [-0.2, 0) is 9.59 Å². The highest BCUT2D eigenvalue weighted by Crippen LogP contribution is 2.28. The van der Waals surface area contributed by atoms with Crippen LogP contribution in [0, 0.1) is 16.0 Å². The normalized spacial score (nSPS) is 12.2. The van der Waals surface area contributed by atoms with E-state index >= 15 is 0 Å². The summed E-state index contributed by atoms with van der Waals surface area (Å²) in [5, 5.41) is 11.2. The van der Waals surface area contributed by atoms with Gasteiger partial charge in [0.25, 0.3) is 0 Å². The van der Waals surface area contributed by atoms with E-state index in [4.69, 9.17) is 11.6 Å². The van der Waals surface area contributed by atoms with E-state index in [2.05, 4.69) is 0 Å². The predicted molar refractivity (Wildman–Crippen MR) is 70.9 cm³/mol. The third-order valence-corrected chi connectivity index (χ3v) is 3.14. The van der Waals surface area contributed by atoms with Gasteiger partial charge in [-0.2, -0.15) is 0 Å². The van der Waals surface area contributed by atoms with Gasteiger partial charge in [-0.3, -0.25) is 19.7 Å². The van der Waals surface area contributed by atoms with Gasteiger partial charge in [-0.15, -0.1) is 0 Å². The number of carbonyl (C=O) groups excluding carboxylic acids is 2. The number of benzene rings is 1. The Morgan fingerprint density at radius 3 is 2.32 bits per heavy atom. The molecule has 1 rings (SSSR count). The lowest BCUT2D eigenvalue weighted by molar-refractivity contribution is -0.484. The first-order valence-electron chi connectivity index (χ1n) is 5.71. The van der Waals surface area contributed by atoms with Crippen LogP contribution in [-0.4, -0.2) is 23.0 Å². The Morgan fingerprint density at radius 2 is 1.89 bits per heavy atom. The van der Waals surface area contributed by atoms with E-state index in [9.17, 15) is 19.7 Å². The molecule has 0 fully saturated rings. The maximum Gasteiger partial charge on any atom is 0.211 e. The zero-order valence-corrected chi connectivity index (χ0v) is 11.4. The molecule has 0 spiro atoms. The van der Waals surface area contributed by atoms with Crippen LogP contribution in [0.15, 0.2) is 24.3 Å². The minimum atomic E-state index is -1.01. The van der Waals surface area contributed by atoms with E-state index in [1.165, 1.54) is 13.8 Å². The molecule has 0 unspecified atom stereocenters. The van der Waals surface area contributed by atoms with Crippen LogP contribution in [0.4, 0.5) is 0 Å². The van der Waals surface area contributed by atoms with Crippen LogP contribution in [0.1, 0.15) is 25.3 Å². The van der Waals surface area contributed by atoms with E-state index in [-0.39, 0.29) is 11.6 Å². The molecule has 1 aromatic rings. The molecular weight excluding hydrogens is 270 g/mol. The second-order valence-electron chi connectivity index (χ2n) is 4.38. The van der Waals surface area contributed by atoms with E-state index in [1.54, 1.807) is 24.3 Å². The third-order valence-electron chi connectivity index (χ3n) is 2.90. The van der Waals surface area contributed by atoms with Gasteiger partial charge in [-0.1, -0.05) is 23.7 Å². The zero-order valence-electron chi connectivity index (χ0n) is 10.6. The Labute approximate surface area is 115 Å². The van der Waals surface area contributed by atoms with Crippen molar-refractivity contribution in [3.63, 3.8) is 0 Å². The summed E-state index contributed by atoms with van der Waals surface area (Å²) in [5.41, 5.74) is 0.527. The molecule has 0 amide bonds. The number of nitro groups is 1. The van der Waals surface area contributed by atoms with Gasteiger partial charge in [0.05, 0.1) is 11.8 Å². The van der Waals surface area contributed by atoms with Crippen LogP contribution < -0.4 is 0 Å². The predicted octanol–water partition coefficient (Wildman–Crippen LogP) is 2.49. The largest absolute Gasteiger partial charge is 0.299 e. The molecule has 0 N–H and O–H groups in total. The fourth-order valence-electron chi connectivity index (χ4n) is 2.15. The SMILES string of the molecule is CC(=O)C(C(C)=O)[C@H](C[N+](=O)[O-])c1cccc(Cl)c1. The van der Waals surface area contributed by atoms with Crippen molar-refractivity contribution in [1.29, 1.82) is 0 Å². The molecule has 102 valence electrons. The van der Waals surface area contributed by atoms with Crippen molar-refractivity contribution in [2.45, 2.75) is 19.8 Å². The molecule has 5 nitrogen and oxygen atoms in total. The maximum absolute atomic E-state index is 11.6. The maximum atomic E-state index is 11.6.